The van der Waals surface area contributed by atoms with Crippen molar-refractivity contribution in [2.45, 2.75) is 44.7 Å². The Morgan fingerprint density at radius 2 is 1.86 bits per heavy atom. The predicted octanol–water partition coefficient (Wildman–Crippen LogP) is 4.57. The maximum Gasteiger partial charge on any atom is 0.237 e. The highest BCUT2D eigenvalue weighted by atomic mass is 32.1. The largest absolute Gasteiger partial charge is 0.351 e. The molecule has 1 aliphatic heterocycles. The van der Waals surface area contributed by atoms with E-state index in [2.05, 4.69) is 35.3 Å². The van der Waals surface area contributed by atoms with E-state index >= 15 is 0 Å². The molecule has 1 aliphatic rings. The van der Waals surface area contributed by atoms with Crippen molar-refractivity contribution in [2.75, 3.05) is 13.1 Å². The summed E-state index contributed by atoms with van der Waals surface area (Å²) in [7, 11) is 0. The van der Waals surface area contributed by atoms with Gasteiger partial charge in [0.25, 0.3) is 0 Å². The number of carbonyl (C=O) groups excluding carboxylic acids is 1. The molecule has 28 heavy (non-hydrogen) atoms. The molecular formula is C23H27N3OS. The van der Waals surface area contributed by atoms with Crippen molar-refractivity contribution in [3.63, 3.8) is 0 Å². The molecule has 146 valence electrons. The van der Waals surface area contributed by atoms with Gasteiger partial charge in [-0.1, -0.05) is 49.4 Å². The van der Waals surface area contributed by atoms with Crippen LogP contribution in [-0.4, -0.2) is 34.9 Å². The number of hydrogen-bond donors (Lipinski definition) is 1. The Bertz CT molecular complexity index is 883. The van der Waals surface area contributed by atoms with Crippen LogP contribution < -0.4 is 5.32 Å². The monoisotopic (exact) mass is 393 g/mol. The van der Waals surface area contributed by atoms with E-state index in [0.717, 1.165) is 43.4 Å². The number of hydrogen-bond acceptors (Lipinski definition) is 4. The SMILES string of the molecule is CC[C@H](C(=O)NCc1ccccc1)N1CCC(c2nc3ccccc3s2)CC1. The number of amides is 1. The smallest absolute Gasteiger partial charge is 0.237 e. The van der Waals surface area contributed by atoms with Gasteiger partial charge < -0.3 is 5.32 Å². The lowest BCUT2D eigenvalue weighted by molar-refractivity contribution is -0.127. The van der Waals surface area contributed by atoms with Crippen LogP contribution in [0.4, 0.5) is 0 Å². The Hall–Kier alpha value is -2.24. The third-order valence-electron chi connectivity index (χ3n) is 5.63. The number of rotatable bonds is 6. The number of carbonyl (C=O) groups is 1. The fraction of sp³-hybridized carbons (Fsp3) is 0.391. The van der Waals surface area contributed by atoms with Gasteiger partial charge in [-0.3, -0.25) is 9.69 Å². The average molecular weight is 394 g/mol. The van der Waals surface area contributed by atoms with Crippen LogP contribution in [0.25, 0.3) is 10.2 Å². The molecule has 3 aromatic rings. The molecule has 1 atom stereocenters. The zero-order chi connectivity index (χ0) is 19.3. The van der Waals surface area contributed by atoms with E-state index in [1.165, 1.54) is 9.71 Å². The van der Waals surface area contributed by atoms with Crippen molar-refractivity contribution in [1.29, 1.82) is 0 Å². The molecule has 2 aromatic carbocycles. The minimum absolute atomic E-state index is 0.0416. The Morgan fingerprint density at radius 1 is 1.14 bits per heavy atom. The second kappa shape index (κ2) is 8.84. The summed E-state index contributed by atoms with van der Waals surface area (Å²) in [5.74, 6) is 0.656. The first-order valence-electron chi connectivity index (χ1n) is 10.2. The van der Waals surface area contributed by atoms with Crippen molar-refractivity contribution >= 4 is 27.5 Å². The quantitative estimate of drug-likeness (QED) is 0.667. The number of fused-ring (bicyclic) bond motifs is 1. The van der Waals surface area contributed by atoms with Gasteiger partial charge in [0, 0.05) is 12.5 Å². The van der Waals surface area contributed by atoms with Gasteiger partial charge in [0.15, 0.2) is 0 Å². The van der Waals surface area contributed by atoms with Gasteiger partial charge in [-0.15, -0.1) is 11.3 Å². The van der Waals surface area contributed by atoms with E-state index in [4.69, 9.17) is 4.98 Å². The highest BCUT2D eigenvalue weighted by molar-refractivity contribution is 7.18. The van der Waals surface area contributed by atoms with Crippen molar-refractivity contribution in [3.05, 3.63) is 65.2 Å². The van der Waals surface area contributed by atoms with Crippen molar-refractivity contribution in [1.82, 2.24) is 15.2 Å². The van der Waals surface area contributed by atoms with Crippen LogP contribution >= 0.6 is 11.3 Å². The van der Waals surface area contributed by atoms with E-state index in [1.807, 2.05) is 47.7 Å². The highest BCUT2D eigenvalue weighted by Gasteiger charge is 2.30. The Kier molecular flexibility index (Phi) is 6.03. The summed E-state index contributed by atoms with van der Waals surface area (Å²) in [6, 6.07) is 18.4. The van der Waals surface area contributed by atoms with Gasteiger partial charge in [0.1, 0.15) is 0 Å². The van der Waals surface area contributed by atoms with E-state index in [1.54, 1.807) is 0 Å². The lowest BCUT2D eigenvalue weighted by Crippen LogP contribution is -2.49. The summed E-state index contributed by atoms with van der Waals surface area (Å²) < 4.78 is 1.27. The molecule has 0 spiro atoms. The van der Waals surface area contributed by atoms with E-state index < -0.39 is 0 Å². The van der Waals surface area contributed by atoms with Gasteiger partial charge >= 0.3 is 0 Å². The minimum Gasteiger partial charge on any atom is -0.351 e. The van der Waals surface area contributed by atoms with Crippen LogP contribution in [0.3, 0.4) is 0 Å². The van der Waals surface area contributed by atoms with Crippen LogP contribution in [0.1, 0.15) is 42.7 Å². The number of thiazole rings is 1. The Labute approximate surface area is 170 Å². The number of likely N-dealkylation sites (tertiary alicyclic amines) is 1. The molecule has 0 unspecified atom stereocenters. The lowest BCUT2D eigenvalue weighted by Gasteiger charge is -2.36. The molecule has 4 nitrogen and oxygen atoms in total. The topological polar surface area (TPSA) is 45.2 Å². The molecule has 0 aliphatic carbocycles. The lowest BCUT2D eigenvalue weighted by atomic mass is 9.95. The van der Waals surface area contributed by atoms with Crippen LogP contribution in [0.2, 0.25) is 0 Å². The average Bonchev–Trinajstić information content (AvgIpc) is 3.18. The highest BCUT2D eigenvalue weighted by Crippen LogP contribution is 2.34. The normalized spacial score (nSPS) is 16.9. The minimum atomic E-state index is -0.0416. The standard InChI is InChI=1S/C23H27N3OS/c1-2-20(22(27)24-16-17-8-4-3-5-9-17)26-14-12-18(13-15-26)23-25-19-10-6-7-11-21(19)28-23/h3-11,18,20H,2,12-16H2,1H3,(H,24,27)/t20-/m1/s1. The summed E-state index contributed by atoms with van der Waals surface area (Å²) >= 11 is 1.82. The maximum atomic E-state index is 12.8. The molecular weight excluding hydrogens is 366 g/mol. The van der Waals surface area contributed by atoms with Gasteiger partial charge in [0.05, 0.1) is 21.3 Å². The molecule has 2 heterocycles. The van der Waals surface area contributed by atoms with Gasteiger partial charge in [-0.2, -0.15) is 0 Å². The van der Waals surface area contributed by atoms with Gasteiger partial charge in [0.2, 0.25) is 5.91 Å². The maximum absolute atomic E-state index is 12.8. The molecule has 4 rings (SSSR count). The third kappa shape index (κ3) is 4.26. The third-order valence-corrected chi connectivity index (χ3v) is 6.83. The zero-order valence-electron chi connectivity index (χ0n) is 16.3. The number of piperidine rings is 1. The fourth-order valence-electron chi connectivity index (χ4n) is 4.04. The zero-order valence-corrected chi connectivity index (χ0v) is 17.1. The number of para-hydroxylation sites is 1. The molecule has 1 amide bonds. The molecule has 1 saturated heterocycles. The summed E-state index contributed by atoms with van der Waals surface area (Å²) in [6.07, 6.45) is 2.98. The first-order valence-corrected chi connectivity index (χ1v) is 11.0. The summed E-state index contributed by atoms with van der Waals surface area (Å²) in [5.41, 5.74) is 2.25. The van der Waals surface area contributed by atoms with Gasteiger partial charge in [-0.25, -0.2) is 4.98 Å². The first kappa shape index (κ1) is 19.1. The van der Waals surface area contributed by atoms with Crippen molar-refractivity contribution in [3.8, 4) is 0 Å². The van der Waals surface area contributed by atoms with Crippen molar-refractivity contribution < 1.29 is 4.79 Å². The second-order valence-electron chi connectivity index (χ2n) is 7.46. The van der Waals surface area contributed by atoms with Gasteiger partial charge in [-0.05, 0) is 50.0 Å². The Balaban J connectivity index is 1.34. The predicted molar refractivity (Wildman–Crippen MR) is 116 cm³/mol. The number of nitrogens with one attached hydrogen (secondary N) is 1. The molecule has 5 heteroatoms. The van der Waals surface area contributed by atoms with Crippen molar-refractivity contribution in [2.24, 2.45) is 0 Å². The second-order valence-corrected chi connectivity index (χ2v) is 8.52. The van der Waals surface area contributed by atoms with Crippen LogP contribution in [-0.2, 0) is 11.3 Å². The fourth-order valence-corrected chi connectivity index (χ4v) is 5.17. The molecule has 0 bridgehead atoms. The summed E-state index contributed by atoms with van der Waals surface area (Å²) in [6.45, 7) is 4.61. The molecule has 0 saturated carbocycles. The Morgan fingerprint density at radius 3 is 2.57 bits per heavy atom. The van der Waals surface area contributed by atoms with E-state index in [0.29, 0.717) is 12.5 Å². The number of nitrogens with zero attached hydrogens (tertiary/aromatic N) is 2. The van der Waals surface area contributed by atoms with Crippen LogP contribution in [0, 0.1) is 0 Å². The van der Waals surface area contributed by atoms with Crippen LogP contribution in [0.5, 0.6) is 0 Å². The molecule has 1 N–H and O–H groups in total. The first-order chi connectivity index (χ1) is 13.7. The molecule has 0 radical (unpaired) electrons. The van der Waals surface area contributed by atoms with E-state index in [9.17, 15) is 4.79 Å². The molecule has 1 fully saturated rings. The summed E-state index contributed by atoms with van der Waals surface area (Å²) in [4.78, 5) is 19.9. The summed E-state index contributed by atoms with van der Waals surface area (Å²) in [5, 5.41) is 4.37. The van der Waals surface area contributed by atoms with Crippen LogP contribution in [0.15, 0.2) is 54.6 Å². The molecule has 1 aromatic heterocycles. The number of benzene rings is 2. The van der Waals surface area contributed by atoms with E-state index in [-0.39, 0.29) is 11.9 Å². The number of aromatic nitrogens is 1.